The summed E-state index contributed by atoms with van der Waals surface area (Å²) < 4.78 is 6.09. The van der Waals surface area contributed by atoms with E-state index in [4.69, 9.17) is 4.74 Å². The van der Waals surface area contributed by atoms with Crippen LogP contribution in [0, 0.1) is 5.92 Å². The minimum atomic E-state index is 0.425. The predicted molar refractivity (Wildman–Crippen MR) is 78.0 cm³/mol. The summed E-state index contributed by atoms with van der Waals surface area (Å²) in [5.41, 5.74) is 0. The van der Waals surface area contributed by atoms with Crippen LogP contribution in [0.2, 0.25) is 0 Å². The van der Waals surface area contributed by atoms with E-state index in [9.17, 15) is 0 Å². The average molecular weight is 256 g/mol. The third kappa shape index (κ3) is 6.17. The second-order valence-corrected chi connectivity index (χ2v) is 6.26. The van der Waals surface area contributed by atoms with E-state index >= 15 is 0 Å². The summed E-state index contributed by atoms with van der Waals surface area (Å²) in [5.74, 6) is 0.787. The van der Waals surface area contributed by atoms with E-state index in [0.29, 0.717) is 18.2 Å². The maximum absolute atomic E-state index is 6.09. The summed E-state index contributed by atoms with van der Waals surface area (Å²) in [6, 6.07) is 0.556. The summed E-state index contributed by atoms with van der Waals surface area (Å²) in [6.07, 6.45) is 4.56. The Morgan fingerprint density at radius 3 is 2.50 bits per heavy atom. The van der Waals surface area contributed by atoms with Crippen LogP contribution < -0.4 is 5.32 Å². The Kier molecular flexibility index (Phi) is 7.20. The molecule has 0 spiro atoms. The molecular formula is C15H32N2O. The highest BCUT2D eigenvalue weighted by molar-refractivity contribution is 4.78. The molecule has 3 heteroatoms. The van der Waals surface area contributed by atoms with Crippen molar-refractivity contribution in [2.24, 2.45) is 5.92 Å². The summed E-state index contributed by atoms with van der Waals surface area (Å²) in [6.45, 7) is 12.2. The zero-order valence-electron chi connectivity index (χ0n) is 12.9. The Morgan fingerprint density at radius 1 is 1.22 bits per heavy atom. The normalized spacial score (nSPS) is 26.2. The Bertz CT molecular complexity index is 221. The van der Waals surface area contributed by atoms with E-state index in [1.54, 1.807) is 0 Å². The molecular weight excluding hydrogens is 224 g/mol. The van der Waals surface area contributed by atoms with Gasteiger partial charge in [0.1, 0.15) is 0 Å². The van der Waals surface area contributed by atoms with Crippen molar-refractivity contribution in [3.8, 4) is 0 Å². The van der Waals surface area contributed by atoms with Gasteiger partial charge in [0, 0.05) is 25.7 Å². The Morgan fingerprint density at radius 2 is 1.89 bits per heavy atom. The van der Waals surface area contributed by atoms with Gasteiger partial charge in [0.05, 0.1) is 12.2 Å². The van der Waals surface area contributed by atoms with E-state index in [1.165, 1.54) is 25.8 Å². The van der Waals surface area contributed by atoms with Crippen LogP contribution in [0.5, 0.6) is 0 Å². The smallest absolute Gasteiger partial charge is 0.0707 e. The molecule has 1 fully saturated rings. The van der Waals surface area contributed by atoms with Gasteiger partial charge in [-0.05, 0) is 25.8 Å². The van der Waals surface area contributed by atoms with E-state index in [1.807, 2.05) is 0 Å². The number of hydrogen-bond acceptors (Lipinski definition) is 3. The fourth-order valence-electron chi connectivity index (χ4n) is 2.51. The predicted octanol–water partition coefficient (Wildman–Crippen LogP) is 2.51. The van der Waals surface area contributed by atoms with Crippen molar-refractivity contribution in [2.45, 2.75) is 65.2 Å². The fraction of sp³-hybridized carbons (Fsp3) is 1.00. The molecule has 1 rings (SSSR count). The third-order valence-electron chi connectivity index (χ3n) is 3.78. The van der Waals surface area contributed by atoms with Gasteiger partial charge in [0.15, 0.2) is 0 Å². The molecule has 0 aromatic carbocycles. The van der Waals surface area contributed by atoms with Gasteiger partial charge in [-0.1, -0.05) is 34.1 Å². The largest absolute Gasteiger partial charge is 0.372 e. The van der Waals surface area contributed by atoms with Crippen molar-refractivity contribution in [3.63, 3.8) is 0 Å². The molecule has 0 amide bonds. The summed E-state index contributed by atoms with van der Waals surface area (Å²) in [4.78, 5) is 2.43. The van der Waals surface area contributed by atoms with Crippen molar-refractivity contribution < 1.29 is 4.74 Å². The lowest BCUT2D eigenvalue weighted by atomic mass is 10.1. The Balaban J connectivity index is 2.17. The van der Waals surface area contributed by atoms with Gasteiger partial charge in [0.2, 0.25) is 0 Å². The minimum Gasteiger partial charge on any atom is -0.372 e. The molecule has 0 aromatic rings. The van der Waals surface area contributed by atoms with Gasteiger partial charge in [-0.2, -0.15) is 0 Å². The number of ether oxygens (including phenoxy) is 1. The van der Waals surface area contributed by atoms with E-state index in [0.717, 1.165) is 19.0 Å². The maximum atomic E-state index is 6.09. The highest BCUT2D eigenvalue weighted by atomic mass is 16.5. The molecule has 1 aliphatic rings. The van der Waals surface area contributed by atoms with Crippen LogP contribution in [-0.2, 0) is 4.74 Å². The molecule has 1 aliphatic heterocycles. The molecule has 108 valence electrons. The van der Waals surface area contributed by atoms with Gasteiger partial charge < -0.3 is 15.0 Å². The van der Waals surface area contributed by atoms with E-state index in [-0.39, 0.29) is 0 Å². The molecule has 0 aromatic heterocycles. The molecule has 1 saturated heterocycles. The van der Waals surface area contributed by atoms with Crippen molar-refractivity contribution in [1.82, 2.24) is 10.2 Å². The summed E-state index contributed by atoms with van der Waals surface area (Å²) >= 11 is 0. The second kappa shape index (κ2) is 8.13. The first-order valence-corrected chi connectivity index (χ1v) is 7.58. The van der Waals surface area contributed by atoms with E-state index in [2.05, 4.69) is 45.0 Å². The SMILES string of the molecule is CCC(C)CN(C)CC1CCC(CNC(C)C)O1. The van der Waals surface area contributed by atoms with E-state index < -0.39 is 0 Å². The maximum Gasteiger partial charge on any atom is 0.0707 e. The zero-order valence-corrected chi connectivity index (χ0v) is 12.9. The van der Waals surface area contributed by atoms with Crippen LogP contribution in [0.1, 0.15) is 47.0 Å². The molecule has 1 N–H and O–H groups in total. The molecule has 3 nitrogen and oxygen atoms in total. The Hall–Kier alpha value is -0.120. The number of likely N-dealkylation sites (N-methyl/N-ethyl adjacent to an activating group) is 1. The molecule has 18 heavy (non-hydrogen) atoms. The standard InChI is InChI=1S/C15H32N2O/c1-6-13(4)10-17(5)11-15-8-7-14(18-15)9-16-12(2)3/h12-16H,6-11H2,1-5H3. The average Bonchev–Trinajstić information content (AvgIpc) is 2.73. The van der Waals surface area contributed by atoms with Crippen LogP contribution in [0.15, 0.2) is 0 Å². The quantitative estimate of drug-likeness (QED) is 0.722. The second-order valence-electron chi connectivity index (χ2n) is 6.26. The van der Waals surface area contributed by atoms with Crippen LogP contribution in [-0.4, -0.2) is 49.8 Å². The first kappa shape index (κ1) is 15.9. The highest BCUT2D eigenvalue weighted by Crippen LogP contribution is 2.20. The lowest BCUT2D eigenvalue weighted by molar-refractivity contribution is 0.0251. The Labute approximate surface area is 113 Å². The number of rotatable bonds is 8. The van der Waals surface area contributed by atoms with Gasteiger partial charge >= 0.3 is 0 Å². The molecule has 0 bridgehead atoms. The van der Waals surface area contributed by atoms with Crippen molar-refractivity contribution in [3.05, 3.63) is 0 Å². The first-order valence-electron chi connectivity index (χ1n) is 7.58. The molecule has 0 radical (unpaired) electrons. The fourth-order valence-corrected chi connectivity index (χ4v) is 2.51. The molecule has 0 aliphatic carbocycles. The van der Waals surface area contributed by atoms with Gasteiger partial charge in [-0.15, -0.1) is 0 Å². The van der Waals surface area contributed by atoms with Gasteiger partial charge in [0.25, 0.3) is 0 Å². The van der Waals surface area contributed by atoms with Crippen molar-refractivity contribution >= 4 is 0 Å². The molecule has 1 heterocycles. The number of hydrogen-bond donors (Lipinski definition) is 1. The van der Waals surface area contributed by atoms with Gasteiger partial charge in [-0.3, -0.25) is 0 Å². The molecule has 3 unspecified atom stereocenters. The molecule has 3 atom stereocenters. The number of nitrogens with one attached hydrogen (secondary N) is 1. The topological polar surface area (TPSA) is 24.5 Å². The zero-order chi connectivity index (χ0) is 13.5. The lowest BCUT2D eigenvalue weighted by Crippen LogP contribution is -2.35. The minimum absolute atomic E-state index is 0.425. The molecule has 0 saturated carbocycles. The highest BCUT2D eigenvalue weighted by Gasteiger charge is 2.26. The summed E-state index contributed by atoms with van der Waals surface area (Å²) in [5, 5.41) is 3.46. The van der Waals surface area contributed by atoms with Gasteiger partial charge in [-0.25, -0.2) is 0 Å². The van der Waals surface area contributed by atoms with Crippen molar-refractivity contribution in [1.29, 1.82) is 0 Å². The first-order chi connectivity index (χ1) is 8.51. The lowest BCUT2D eigenvalue weighted by Gasteiger charge is -2.24. The van der Waals surface area contributed by atoms with Crippen LogP contribution in [0.3, 0.4) is 0 Å². The van der Waals surface area contributed by atoms with Crippen molar-refractivity contribution in [2.75, 3.05) is 26.7 Å². The number of nitrogens with zero attached hydrogens (tertiary/aromatic N) is 1. The monoisotopic (exact) mass is 256 g/mol. The third-order valence-corrected chi connectivity index (χ3v) is 3.78. The van der Waals surface area contributed by atoms with Crippen LogP contribution in [0.25, 0.3) is 0 Å². The van der Waals surface area contributed by atoms with Crippen LogP contribution >= 0.6 is 0 Å². The van der Waals surface area contributed by atoms with Crippen LogP contribution in [0.4, 0.5) is 0 Å². The summed E-state index contributed by atoms with van der Waals surface area (Å²) in [7, 11) is 2.22.